The third kappa shape index (κ3) is 5.25. The van der Waals surface area contributed by atoms with Crippen LogP contribution < -0.4 is 9.62 Å². The minimum absolute atomic E-state index is 0.0213. The van der Waals surface area contributed by atoms with Gasteiger partial charge >= 0.3 is 0 Å². The summed E-state index contributed by atoms with van der Waals surface area (Å²) in [6, 6.07) is 21.5. The van der Waals surface area contributed by atoms with E-state index in [9.17, 15) is 8.42 Å². The van der Waals surface area contributed by atoms with Gasteiger partial charge in [-0.3, -0.25) is 0 Å². The van der Waals surface area contributed by atoms with Crippen LogP contribution in [0, 0.1) is 5.92 Å². The van der Waals surface area contributed by atoms with Crippen molar-refractivity contribution in [2.24, 2.45) is 5.92 Å². The largest absolute Gasteiger partial charge is 0.307 e. The second kappa shape index (κ2) is 10.7. The summed E-state index contributed by atoms with van der Waals surface area (Å²) in [4.78, 5) is 0. The quantitative estimate of drug-likeness (QED) is 0.229. The predicted molar refractivity (Wildman–Crippen MR) is 154 cm³/mol. The monoisotopic (exact) mass is 538 g/mol. The maximum Gasteiger partial charge on any atom is 0.278 e. The van der Waals surface area contributed by atoms with Gasteiger partial charge in [0.15, 0.2) is 0 Å². The molecule has 36 heavy (non-hydrogen) atoms. The van der Waals surface area contributed by atoms with Gasteiger partial charge in [0.1, 0.15) is 9.21 Å². The molecule has 1 aliphatic rings. The van der Waals surface area contributed by atoms with E-state index in [1.807, 2.05) is 53.9 Å². The molecule has 4 aromatic rings. The molecule has 1 N–H and O–H groups in total. The Hall–Kier alpha value is -2.19. The Labute approximate surface area is 223 Å². The number of sulfonamides is 1. The first kappa shape index (κ1) is 25.5. The van der Waals surface area contributed by atoms with Gasteiger partial charge in [0, 0.05) is 16.8 Å². The SMILES string of the molecule is CC(C)(NCc1ccccc1N(c1cc2ccccc2s1)S(=O)(=O)c1cccs1)C1CCCCCC1. The molecule has 1 aliphatic carbocycles. The van der Waals surface area contributed by atoms with E-state index < -0.39 is 10.0 Å². The predicted octanol–water partition coefficient (Wildman–Crippen LogP) is 8.33. The van der Waals surface area contributed by atoms with Crippen LogP contribution in [0.2, 0.25) is 0 Å². The minimum atomic E-state index is -3.78. The van der Waals surface area contributed by atoms with Gasteiger partial charge in [0.2, 0.25) is 0 Å². The van der Waals surface area contributed by atoms with Gasteiger partial charge in [-0.15, -0.1) is 22.7 Å². The fourth-order valence-electron chi connectivity index (χ4n) is 5.26. The Morgan fingerprint density at radius 2 is 1.67 bits per heavy atom. The standard InChI is InChI=1S/C29H34N2O2S3/c1-29(2,24-14-5-3-4-6-15-24)30-21-23-13-7-9-16-25(23)31(36(32,33)28-18-11-19-34-28)27-20-22-12-8-10-17-26(22)35-27/h7-13,16-20,24,30H,3-6,14-15,21H2,1-2H3. The van der Waals surface area contributed by atoms with E-state index in [0.29, 0.717) is 27.4 Å². The maximum absolute atomic E-state index is 14.0. The van der Waals surface area contributed by atoms with Crippen molar-refractivity contribution in [3.05, 3.63) is 77.7 Å². The highest BCUT2D eigenvalue weighted by molar-refractivity contribution is 7.95. The number of fused-ring (bicyclic) bond motifs is 1. The van der Waals surface area contributed by atoms with E-state index in [2.05, 4.69) is 25.2 Å². The van der Waals surface area contributed by atoms with Gasteiger partial charge in [-0.05, 0) is 73.2 Å². The van der Waals surface area contributed by atoms with Crippen LogP contribution in [0.25, 0.3) is 10.1 Å². The molecule has 0 atom stereocenters. The van der Waals surface area contributed by atoms with Crippen LogP contribution in [-0.2, 0) is 16.6 Å². The van der Waals surface area contributed by atoms with Crippen molar-refractivity contribution in [1.82, 2.24) is 5.32 Å². The summed E-state index contributed by atoms with van der Waals surface area (Å²) in [6.45, 7) is 5.22. The summed E-state index contributed by atoms with van der Waals surface area (Å²) in [5, 5.41) is 7.39. The lowest BCUT2D eigenvalue weighted by molar-refractivity contribution is 0.226. The summed E-state index contributed by atoms with van der Waals surface area (Å²) in [7, 11) is -3.78. The second-order valence-electron chi connectivity index (χ2n) is 10.2. The lowest BCUT2D eigenvalue weighted by Gasteiger charge is -2.36. The minimum Gasteiger partial charge on any atom is -0.307 e. The van der Waals surface area contributed by atoms with Crippen molar-refractivity contribution in [3.63, 3.8) is 0 Å². The van der Waals surface area contributed by atoms with Gasteiger partial charge in [-0.25, -0.2) is 4.31 Å². The van der Waals surface area contributed by atoms with Crippen LogP contribution in [0.1, 0.15) is 57.9 Å². The molecule has 190 valence electrons. The van der Waals surface area contributed by atoms with Gasteiger partial charge < -0.3 is 5.32 Å². The number of anilines is 2. The molecule has 1 saturated carbocycles. The van der Waals surface area contributed by atoms with Crippen LogP contribution in [0.3, 0.4) is 0 Å². The lowest BCUT2D eigenvalue weighted by Crippen LogP contribution is -2.45. The van der Waals surface area contributed by atoms with Crippen LogP contribution in [-0.4, -0.2) is 14.0 Å². The number of nitrogens with zero attached hydrogens (tertiary/aromatic N) is 1. The zero-order valence-electron chi connectivity index (χ0n) is 20.9. The van der Waals surface area contributed by atoms with E-state index >= 15 is 0 Å². The maximum atomic E-state index is 14.0. The molecule has 0 aliphatic heterocycles. The molecule has 0 amide bonds. The van der Waals surface area contributed by atoms with Crippen LogP contribution in [0.5, 0.6) is 0 Å². The Morgan fingerprint density at radius 3 is 2.39 bits per heavy atom. The van der Waals surface area contributed by atoms with Crippen LogP contribution >= 0.6 is 22.7 Å². The van der Waals surface area contributed by atoms with Crippen molar-refractivity contribution < 1.29 is 8.42 Å². The highest BCUT2D eigenvalue weighted by Crippen LogP contribution is 2.42. The van der Waals surface area contributed by atoms with Crippen molar-refractivity contribution in [3.8, 4) is 0 Å². The zero-order valence-corrected chi connectivity index (χ0v) is 23.4. The topological polar surface area (TPSA) is 49.4 Å². The lowest BCUT2D eigenvalue weighted by atomic mass is 9.81. The molecule has 4 nitrogen and oxygen atoms in total. The van der Waals surface area contributed by atoms with Crippen molar-refractivity contribution in [2.45, 2.75) is 68.7 Å². The van der Waals surface area contributed by atoms with Crippen molar-refractivity contribution >= 4 is 53.5 Å². The Morgan fingerprint density at radius 1 is 0.944 bits per heavy atom. The van der Waals surface area contributed by atoms with Gasteiger partial charge in [-0.1, -0.05) is 68.1 Å². The number of hydrogen-bond acceptors (Lipinski definition) is 5. The normalized spacial score (nSPS) is 15.7. The molecule has 0 spiro atoms. The molecule has 2 aromatic heterocycles. The first-order valence-electron chi connectivity index (χ1n) is 12.8. The molecule has 7 heteroatoms. The first-order valence-corrected chi connectivity index (χ1v) is 15.9. The van der Waals surface area contributed by atoms with E-state index in [1.165, 1.54) is 61.2 Å². The molecule has 5 rings (SSSR count). The highest BCUT2D eigenvalue weighted by atomic mass is 32.2. The number of benzene rings is 2. The van der Waals surface area contributed by atoms with Gasteiger partial charge in [-0.2, -0.15) is 8.42 Å². The second-order valence-corrected chi connectivity index (χ2v) is 14.2. The number of nitrogens with one attached hydrogen (secondary N) is 1. The molecule has 0 bridgehead atoms. The number of thiophene rings is 2. The van der Waals surface area contributed by atoms with Crippen molar-refractivity contribution in [2.75, 3.05) is 4.31 Å². The summed E-state index contributed by atoms with van der Waals surface area (Å²) in [5.74, 6) is 0.626. The molecule has 0 unspecified atom stereocenters. The fourth-order valence-corrected chi connectivity index (χ4v) is 9.13. The number of hydrogen-bond donors (Lipinski definition) is 1. The highest BCUT2D eigenvalue weighted by Gasteiger charge is 2.32. The number of rotatable bonds is 8. The third-order valence-electron chi connectivity index (χ3n) is 7.42. The fraction of sp³-hybridized carbons (Fsp3) is 0.379. The molecule has 1 fully saturated rings. The molecular weight excluding hydrogens is 505 g/mol. The first-order chi connectivity index (χ1) is 17.4. The molecule has 2 heterocycles. The number of para-hydroxylation sites is 1. The van der Waals surface area contributed by atoms with E-state index in [-0.39, 0.29) is 5.54 Å². The Bertz CT molecular complexity index is 1370. The molecule has 0 radical (unpaired) electrons. The van der Waals surface area contributed by atoms with E-state index in [0.717, 1.165) is 15.6 Å². The van der Waals surface area contributed by atoms with E-state index in [1.54, 1.807) is 16.4 Å². The van der Waals surface area contributed by atoms with Gasteiger partial charge in [0.05, 0.1) is 5.69 Å². The zero-order chi connectivity index (χ0) is 25.2. The summed E-state index contributed by atoms with van der Waals surface area (Å²) in [6.07, 6.45) is 7.77. The molecular formula is C29H34N2O2S3. The average Bonchev–Trinajstić information content (AvgIpc) is 3.47. The van der Waals surface area contributed by atoms with Crippen LogP contribution in [0.4, 0.5) is 10.7 Å². The third-order valence-corrected chi connectivity index (χ3v) is 11.7. The van der Waals surface area contributed by atoms with Crippen LogP contribution in [0.15, 0.2) is 76.3 Å². The average molecular weight is 539 g/mol. The smallest absolute Gasteiger partial charge is 0.278 e. The molecule has 2 aromatic carbocycles. The van der Waals surface area contributed by atoms with Crippen molar-refractivity contribution in [1.29, 1.82) is 0 Å². The summed E-state index contributed by atoms with van der Waals surface area (Å²) >= 11 is 2.77. The Kier molecular flexibility index (Phi) is 7.54. The summed E-state index contributed by atoms with van der Waals surface area (Å²) < 4.78 is 31.0. The molecule has 0 saturated heterocycles. The Balaban J connectivity index is 1.53. The van der Waals surface area contributed by atoms with E-state index in [4.69, 9.17) is 0 Å². The summed E-state index contributed by atoms with van der Waals surface area (Å²) in [5.41, 5.74) is 1.67. The van der Waals surface area contributed by atoms with Gasteiger partial charge in [0.25, 0.3) is 10.0 Å².